The van der Waals surface area contributed by atoms with Gasteiger partial charge >= 0.3 is 0 Å². The Morgan fingerprint density at radius 2 is 1.72 bits per heavy atom. The first-order valence-electron chi connectivity index (χ1n) is 9.59. The summed E-state index contributed by atoms with van der Waals surface area (Å²) in [4.78, 5) is 46.1. The maximum atomic E-state index is 13.2. The fraction of sp³-hybridized carbons (Fsp3) is 0.333. The minimum Gasteiger partial charge on any atom is -0.351 e. The van der Waals surface area contributed by atoms with Crippen molar-refractivity contribution in [1.29, 1.82) is 0 Å². The van der Waals surface area contributed by atoms with Crippen LogP contribution in [0.15, 0.2) is 48.8 Å². The summed E-state index contributed by atoms with van der Waals surface area (Å²) in [6.45, 7) is 3.19. The molecule has 1 fully saturated rings. The molecule has 0 bridgehead atoms. The van der Waals surface area contributed by atoms with E-state index in [1.54, 1.807) is 30.3 Å². The van der Waals surface area contributed by atoms with Crippen LogP contribution in [0, 0.1) is 6.92 Å². The molecule has 0 radical (unpaired) electrons. The highest BCUT2D eigenvalue weighted by atomic mass is 16.2. The molecule has 8 heteroatoms. The molecule has 0 saturated carbocycles. The van der Waals surface area contributed by atoms with Gasteiger partial charge in [-0.2, -0.15) is 0 Å². The Labute approximate surface area is 169 Å². The highest BCUT2D eigenvalue weighted by Gasteiger charge is 2.40. The van der Waals surface area contributed by atoms with Gasteiger partial charge in [-0.15, -0.1) is 0 Å². The molecule has 29 heavy (non-hydrogen) atoms. The van der Waals surface area contributed by atoms with E-state index < -0.39 is 12.1 Å². The van der Waals surface area contributed by atoms with Gasteiger partial charge in [0.15, 0.2) is 6.17 Å². The van der Waals surface area contributed by atoms with E-state index in [2.05, 4.69) is 10.3 Å². The number of carbonyl (C=O) groups excluding carboxylic acids is 3. The molecule has 152 valence electrons. The molecule has 1 aliphatic heterocycles. The fourth-order valence-electron chi connectivity index (χ4n) is 3.42. The number of pyridine rings is 1. The van der Waals surface area contributed by atoms with E-state index in [1.165, 1.54) is 22.2 Å². The molecule has 0 aliphatic carbocycles. The van der Waals surface area contributed by atoms with Gasteiger partial charge in [0.1, 0.15) is 0 Å². The zero-order chi connectivity index (χ0) is 20.8. The lowest BCUT2D eigenvalue weighted by Gasteiger charge is -2.42. The van der Waals surface area contributed by atoms with Crippen molar-refractivity contribution in [3.63, 3.8) is 0 Å². The van der Waals surface area contributed by atoms with Gasteiger partial charge in [-0.25, -0.2) is 0 Å². The second-order valence-corrected chi connectivity index (χ2v) is 6.91. The summed E-state index contributed by atoms with van der Waals surface area (Å²) >= 11 is 0. The minimum absolute atomic E-state index is 0.263. The minimum atomic E-state index is -1.04. The largest absolute Gasteiger partial charge is 0.351 e. The zero-order valence-electron chi connectivity index (χ0n) is 16.4. The molecule has 1 atom stereocenters. The molecule has 3 rings (SSSR count). The highest BCUT2D eigenvalue weighted by Crippen LogP contribution is 2.21. The number of nitrogens with zero attached hydrogens (tertiary/aromatic N) is 3. The summed E-state index contributed by atoms with van der Waals surface area (Å²) < 4.78 is 0. The molecule has 3 N–H and O–H groups in total. The molecule has 1 aliphatic rings. The van der Waals surface area contributed by atoms with E-state index >= 15 is 0 Å². The van der Waals surface area contributed by atoms with Crippen LogP contribution < -0.4 is 11.1 Å². The number of nitrogens with one attached hydrogen (secondary N) is 1. The van der Waals surface area contributed by atoms with Gasteiger partial charge in [0.05, 0.1) is 0 Å². The lowest BCUT2D eigenvalue weighted by molar-refractivity contribution is -0.132. The Balaban J connectivity index is 1.94. The number of aryl methyl sites for hydroxylation is 1. The van der Waals surface area contributed by atoms with Crippen molar-refractivity contribution < 1.29 is 14.4 Å². The highest BCUT2D eigenvalue weighted by molar-refractivity contribution is 6.01. The van der Waals surface area contributed by atoms with Crippen molar-refractivity contribution in [2.75, 3.05) is 26.2 Å². The summed E-state index contributed by atoms with van der Waals surface area (Å²) in [6, 6.07) is 10.4. The standard InChI is InChI=1S/C21H25N5O3/c1-15-4-2-5-17(14-15)21(29)26-13-3-12-25(19(26)18(27)24-11-8-22)20(28)16-6-9-23-10-7-16/h2,4-7,9-10,14,19H,3,8,11-13,22H2,1H3,(H,24,27). The molecule has 2 aromatic rings. The summed E-state index contributed by atoms with van der Waals surface area (Å²) in [5.74, 6) is -1.02. The van der Waals surface area contributed by atoms with Crippen LogP contribution in [0.3, 0.4) is 0 Å². The summed E-state index contributed by atoms with van der Waals surface area (Å²) in [6.07, 6.45) is 2.59. The number of carbonyl (C=O) groups is 3. The molecular weight excluding hydrogens is 370 g/mol. The Morgan fingerprint density at radius 1 is 1.07 bits per heavy atom. The number of hydrogen-bond acceptors (Lipinski definition) is 5. The van der Waals surface area contributed by atoms with Crippen molar-refractivity contribution >= 4 is 17.7 Å². The van der Waals surface area contributed by atoms with Gasteiger partial charge in [-0.05, 0) is 37.6 Å². The van der Waals surface area contributed by atoms with Crippen molar-refractivity contribution in [3.05, 3.63) is 65.5 Å². The van der Waals surface area contributed by atoms with E-state index in [-0.39, 0.29) is 24.9 Å². The molecule has 1 aromatic carbocycles. The van der Waals surface area contributed by atoms with Crippen LogP contribution in [0.1, 0.15) is 32.7 Å². The molecule has 1 unspecified atom stereocenters. The number of rotatable bonds is 5. The maximum absolute atomic E-state index is 13.2. The third kappa shape index (κ3) is 4.60. The van der Waals surface area contributed by atoms with Crippen molar-refractivity contribution in [2.45, 2.75) is 19.5 Å². The van der Waals surface area contributed by atoms with Crippen LogP contribution in [-0.4, -0.2) is 64.9 Å². The maximum Gasteiger partial charge on any atom is 0.263 e. The van der Waals surface area contributed by atoms with E-state index in [9.17, 15) is 14.4 Å². The second-order valence-electron chi connectivity index (χ2n) is 6.91. The first-order chi connectivity index (χ1) is 14.0. The summed E-state index contributed by atoms with van der Waals surface area (Å²) in [5.41, 5.74) is 7.36. The van der Waals surface area contributed by atoms with Crippen LogP contribution in [0.4, 0.5) is 0 Å². The SMILES string of the molecule is Cc1cccc(C(=O)N2CCCN(C(=O)c3ccncc3)C2C(=O)NCCN)c1. The van der Waals surface area contributed by atoms with Gasteiger partial charge in [-0.1, -0.05) is 17.7 Å². The number of nitrogens with two attached hydrogens (primary N) is 1. The van der Waals surface area contributed by atoms with Crippen molar-refractivity contribution in [1.82, 2.24) is 20.1 Å². The molecule has 1 aromatic heterocycles. The van der Waals surface area contributed by atoms with Gasteiger partial charge in [0.2, 0.25) is 0 Å². The Hall–Kier alpha value is -3.26. The van der Waals surface area contributed by atoms with Crippen LogP contribution in [0.25, 0.3) is 0 Å². The predicted octanol–water partition coefficient (Wildman–Crippen LogP) is 0.779. The zero-order valence-corrected chi connectivity index (χ0v) is 16.4. The molecule has 8 nitrogen and oxygen atoms in total. The van der Waals surface area contributed by atoms with Gasteiger partial charge in [0.25, 0.3) is 17.7 Å². The lowest BCUT2D eigenvalue weighted by Crippen LogP contribution is -2.63. The van der Waals surface area contributed by atoms with Crippen molar-refractivity contribution in [3.8, 4) is 0 Å². The Bertz CT molecular complexity index is 887. The Morgan fingerprint density at radius 3 is 2.34 bits per heavy atom. The van der Waals surface area contributed by atoms with Crippen molar-refractivity contribution in [2.24, 2.45) is 5.73 Å². The average molecular weight is 395 g/mol. The van der Waals surface area contributed by atoms with Crippen LogP contribution in [0.5, 0.6) is 0 Å². The normalized spacial score (nSPS) is 16.4. The second kappa shape index (κ2) is 9.29. The van der Waals surface area contributed by atoms with E-state index in [4.69, 9.17) is 5.73 Å². The summed E-state index contributed by atoms with van der Waals surface area (Å²) in [7, 11) is 0. The van der Waals surface area contributed by atoms with E-state index in [1.807, 2.05) is 13.0 Å². The smallest absolute Gasteiger partial charge is 0.263 e. The third-order valence-corrected chi connectivity index (χ3v) is 4.78. The quantitative estimate of drug-likeness (QED) is 0.778. The van der Waals surface area contributed by atoms with Gasteiger partial charge in [0, 0.05) is 49.7 Å². The molecule has 0 spiro atoms. The molecule has 3 amide bonds. The lowest BCUT2D eigenvalue weighted by atomic mass is 10.1. The fourth-order valence-corrected chi connectivity index (χ4v) is 3.42. The summed E-state index contributed by atoms with van der Waals surface area (Å²) in [5, 5.41) is 2.72. The monoisotopic (exact) mass is 395 g/mol. The van der Waals surface area contributed by atoms with Crippen LogP contribution >= 0.6 is 0 Å². The van der Waals surface area contributed by atoms with Crippen LogP contribution in [0.2, 0.25) is 0 Å². The first kappa shape index (κ1) is 20.5. The average Bonchev–Trinajstić information content (AvgIpc) is 2.76. The molecule has 2 heterocycles. The molecule has 1 saturated heterocycles. The number of aromatic nitrogens is 1. The first-order valence-corrected chi connectivity index (χ1v) is 9.59. The number of hydrogen-bond donors (Lipinski definition) is 2. The number of benzene rings is 1. The number of amides is 3. The topological polar surface area (TPSA) is 109 Å². The third-order valence-electron chi connectivity index (χ3n) is 4.78. The molecular formula is C21H25N5O3. The Kier molecular flexibility index (Phi) is 6.56. The van der Waals surface area contributed by atoms with E-state index in [0.717, 1.165) is 5.56 Å². The van der Waals surface area contributed by atoms with Gasteiger partial charge < -0.3 is 20.9 Å². The van der Waals surface area contributed by atoms with Crippen LogP contribution in [-0.2, 0) is 4.79 Å². The van der Waals surface area contributed by atoms with E-state index in [0.29, 0.717) is 30.6 Å². The predicted molar refractivity (Wildman–Crippen MR) is 108 cm³/mol. The van der Waals surface area contributed by atoms with Gasteiger partial charge in [-0.3, -0.25) is 19.4 Å².